The molecular weight excluding hydrogens is 267 g/mol. The molecule has 0 aromatic heterocycles. The fraction of sp³-hybridized carbons (Fsp3) is 0.200. The van der Waals surface area contributed by atoms with E-state index in [9.17, 15) is 22.8 Å². The molecule has 0 aliphatic rings. The Morgan fingerprint density at radius 3 is 2.47 bits per heavy atom. The second kappa shape index (κ2) is 5.46. The van der Waals surface area contributed by atoms with Gasteiger partial charge in [0.05, 0.1) is 11.3 Å². The van der Waals surface area contributed by atoms with Crippen LogP contribution >= 0.6 is 0 Å². The zero-order valence-corrected chi connectivity index (χ0v) is 9.41. The number of carbonyl (C=O) groups excluding carboxylic acids is 1. The molecule has 6 nitrogen and oxygen atoms in total. The Morgan fingerprint density at radius 1 is 1.32 bits per heavy atom. The number of benzene rings is 1. The van der Waals surface area contributed by atoms with Crippen molar-refractivity contribution in [1.29, 1.82) is 0 Å². The molecule has 0 atom stereocenters. The molecule has 0 spiro atoms. The summed E-state index contributed by atoms with van der Waals surface area (Å²) < 4.78 is 35.6. The number of aromatic carboxylic acids is 1. The third-order valence-electron chi connectivity index (χ3n) is 1.97. The van der Waals surface area contributed by atoms with Gasteiger partial charge in [-0.2, -0.15) is 13.2 Å². The van der Waals surface area contributed by atoms with E-state index in [1.807, 2.05) is 5.32 Å². The highest BCUT2D eigenvalue weighted by Crippen LogP contribution is 2.19. The number of hydrogen-bond acceptors (Lipinski definition) is 3. The summed E-state index contributed by atoms with van der Waals surface area (Å²) in [4.78, 5) is 22.0. The monoisotopic (exact) mass is 277 g/mol. The average Bonchev–Trinajstić information content (AvgIpc) is 2.28. The molecule has 9 heteroatoms. The van der Waals surface area contributed by atoms with Gasteiger partial charge >= 0.3 is 18.2 Å². The molecule has 104 valence electrons. The predicted octanol–water partition coefficient (Wildman–Crippen LogP) is 1.65. The van der Waals surface area contributed by atoms with E-state index in [4.69, 9.17) is 10.8 Å². The van der Waals surface area contributed by atoms with Crippen molar-refractivity contribution >= 4 is 23.4 Å². The highest BCUT2D eigenvalue weighted by atomic mass is 19.4. The van der Waals surface area contributed by atoms with Crippen LogP contribution in [0.3, 0.4) is 0 Å². The van der Waals surface area contributed by atoms with Gasteiger partial charge in [-0.25, -0.2) is 9.59 Å². The molecule has 1 rings (SSSR count). The Morgan fingerprint density at radius 2 is 1.95 bits per heavy atom. The van der Waals surface area contributed by atoms with E-state index in [2.05, 4.69) is 0 Å². The van der Waals surface area contributed by atoms with Gasteiger partial charge < -0.3 is 21.5 Å². The molecule has 2 amide bonds. The van der Waals surface area contributed by atoms with Crippen molar-refractivity contribution in [2.24, 2.45) is 0 Å². The molecular formula is C10H10F3N3O3. The molecule has 0 saturated carbocycles. The van der Waals surface area contributed by atoms with E-state index < -0.39 is 24.7 Å². The molecule has 0 unspecified atom stereocenters. The number of hydrogen-bond donors (Lipinski definition) is 4. The van der Waals surface area contributed by atoms with Crippen molar-refractivity contribution in [3.05, 3.63) is 23.8 Å². The number of anilines is 2. The third kappa shape index (κ3) is 4.74. The van der Waals surface area contributed by atoms with Crippen molar-refractivity contribution in [3.63, 3.8) is 0 Å². The van der Waals surface area contributed by atoms with Gasteiger partial charge in [0.1, 0.15) is 6.54 Å². The summed E-state index contributed by atoms with van der Waals surface area (Å²) in [6, 6.07) is 2.42. The fourth-order valence-corrected chi connectivity index (χ4v) is 1.19. The fourth-order valence-electron chi connectivity index (χ4n) is 1.19. The summed E-state index contributed by atoms with van der Waals surface area (Å²) in [5.41, 5.74) is 5.05. The number of carboxylic acid groups (broad SMARTS) is 1. The minimum absolute atomic E-state index is 0.152. The van der Waals surface area contributed by atoms with Crippen LogP contribution in [0.5, 0.6) is 0 Å². The van der Waals surface area contributed by atoms with Crippen molar-refractivity contribution in [2.45, 2.75) is 6.18 Å². The van der Waals surface area contributed by atoms with E-state index >= 15 is 0 Å². The van der Waals surface area contributed by atoms with Crippen molar-refractivity contribution < 1.29 is 27.9 Å². The molecule has 1 aromatic carbocycles. The summed E-state index contributed by atoms with van der Waals surface area (Å²) in [6.45, 7) is -1.52. The van der Waals surface area contributed by atoms with E-state index in [-0.39, 0.29) is 16.9 Å². The first kappa shape index (κ1) is 14.6. The lowest BCUT2D eigenvalue weighted by atomic mass is 10.1. The molecule has 0 aliphatic heterocycles. The standard InChI is InChI=1S/C10H10F3N3O3/c11-10(12,13)4-15-9(19)16-7-2-1-5(14)3-6(7)8(17)18/h1-3H,4,14H2,(H,17,18)(H2,15,16,19). The summed E-state index contributed by atoms with van der Waals surface area (Å²) >= 11 is 0. The molecule has 0 bridgehead atoms. The topological polar surface area (TPSA) is 104 Å². The van der Waals surface area contributed by atoms with Crippen LogP contribution in [0.4, 0.5) is 29.3 Å². The Kier molecular flexibility index (Phi) is 4.20. The number of rotatable bonds is 3. The number of nitrogens with one attached hydrogen (secondary N) is 2. The third-order valence-corrected chi connectivity index (χ3v) is 1.97. The van der Waals surface area contributed by atoms with Gasteiger partial charge in [0.15, 0.2) is 0 Å². The Balaban J connectivity index is 2.77. The zero-order valence-electron chi connectivity index (χ0n) is 9.41. The van der Waals surface area contributed by atoms with Gasteiger partial charge in [0.2, 0.25) is 0 Å². The molecule has 19 heavy (non-hydrogen) atoms. The van der Waals surface area contributed by atoms with Crippen LogP contribution in [0.2, 0.25) is 0 Å². The summed E-state index contributed by atoms with van der Waals surface area (Å²) in [5.74, 6) is -1.36. The molecule has 0 radical (unpaired) electrons. The number of amides is 2. The number of nitrogen functional groups attached to an aromatic ring is 1. The molecule has 0 heterocycles. The summed E-state index contributed by atoms with van der Waals surface area (Å²) in [5, 5.41) is 12.4. The molecule has 1 aromatic rings. The van der Waals surface area contributed by atoms with Crippen molar-refractivity contribution in [3.8, 4) is 0 Å². The number of urea groups is 1. The molecule has 5 N–H and O–H groups in total. The first-order valence-corrected chi connectivity index (χ1v) is 4.93. The quantitative estimate of drug-likeness (QED) is 0.630. The van der Waals surface area contributed by atoms with Crippen LogP contribution in [-0.2, 0) is 0 Å². The Bertz CT molecular complexity index is 503. The molecule has 0 aliphatic carbocycles. The highest BCUT2D eigenvalue weighted by molar-refractivity contribution is 6.00. The van der Waals surface area contributed by atoms with Crippen LogP contribution < -0.4 is 16.4 Å². The maximum absolute atomic E-state index is 11.9. The Hall–Kier alpha value is -2.45. The minimum Gasteiger partial charge on any atom is -0.478 e. The van der Waals surface area contributed by atoms with Crippen LogP contribution in [-0.4, -0.2) is 29.8 Å². The first-order valence-electron chi connectivity index (χ1n) is 4.93. The van der Waals surface area contributed by atoms with E-state index in [0.717, 1.165) is 6.07 Å². The number of carbonyl (C=O) groups is 2. The smallest absolute Gasteiger partial charge is 0.405 e. The maximum Gasteiger partial charge on any atom is 0.405 e. The second-order valence-electron chi connectivity index (χ2n) is 3.53. The summed E-state index contributed by atoms with van der Waals surface area (Å²) in [6.07, 6.45) is -4.55. The number of nitrogens with two attached hydrogens (primary N) is 1. The van der Waals surface area contributed by atoms with Gasteiger partial charge in [0, 0.05) is 5.69 Å². The first-order chi connectivity index (χ1) is 8.69. The van der Waals surface area contributed by atoms with Crippen LogP contribution in [0.15, 0.2) is 18.2 Å². The molecule has 0 fully saturated rings. The average molecular weight is 277 g/mol. The van der Waals surface area contributed by atoms with Gasteiger partial charge in [-0.1, -0.05) is 0 Å². The van der Waals surface area contributed by atoms with Gasteiger partial charge in [-0.3, -0.25) is 0 Å². The Labute approximate surface area is 105 Å². The van der Waals surface area contributed by atoms with Gasteiger partial charge in [0.25, 0.3) is 0 Å². The SMILES string of the molecule is Nc1ccc(NC(=O)NCC(F)(F)F)c(C(=O)O)c1. The van der Waals surface area contributed by atoms with Crippen LogP contribution in [0.1, 0.15) is 10.4 Å². The van der Waals surface area contributed by atoms with E-state index in [1.54, 1.807) is 5.32 Å². The van der Waals surface area contributed by atoms with Crippen molar-refractivity contribution in [2.75, 3.05) is 17.6 Å². The lowest BCUT2D eigenvalue weighted by molar-refractivity contribution is -0.122. The minimum atomic E-state index is -4.55. The van der Waals surface area contributed by atoms with Crippen LogP contribution in [0.25, 0.3) is 0 Å². The lowest BCUT2D eigenvalue weighted by Gasteiger charge is -2.11. The summed E-state index contributed by atoms with van der Waals surface area (Å²) in [7, 11) is 0. The van der Waals surface area contributed by atoms with Gasteiger partial charge in [-0.05, 0) is 18.2 Å². The maximum atomic E-state index is 11.9. The normalized spacial score (nSPS) is 10.9. The number of alkyl halides is 3. The number of halogens is 3. The van der Waals surface area contributed by atoms with Crippen molar-refractivity contribution in [1.82, 2.24) is 5.32 Å². The van der Waals surface area contributed by atoms with E-state index in [1.165, 1.54) is 12.1 Å². The number of carboxylic acids is 1. The second-order valence-corrected chi connectivity index (χ2v) is 3.53. The lowest BCUT2D eigenvalue weighted by Crippen LogP contribution is -2.36. The largest absolute Gasteiger partial charge is 0.478 e. The van der Waals surface area contributed by atoms with Crippen LogP contribution in [0, 0.1) is 0 Å². The highest BCUT2D eigenvalue weighted by Gasteiger charge is 2.27. The van der Waals surface area contributed by atoms with E-state index in [0.29, 0.717) is 0 Å². The predicted molar refractivity (Wildman–Crippen MR) is 60.9 cm³/mol. The van der Waals surface area contributed by atoms with Gasteiger partial charge in [-0.15, -0.1) is 0 Å². The molecule has 0 saturated heterocycles. The zero-order chi connectivity index (χ0) is 14.6.